The Morgan fingerprint density at radius 3 is 1.28 bits per heavy atom. The maximum absolute atomic E-state index is 6.64. The van der Waals surface area contributed by atoms with E-state index in [1.807, 2.05) is 12.1 Å². The van der Waals surface area contributed by atoms with Crippen LogP contribution < -0.4 is 18.9 Å². The van der Waals surface area contributed by atoms with Gasteiger partial charge in [0.2, 0.25) is 17.3 Å². The number of quaternary nitrogens is 2. The molecule has 4 unspecified atom stereocenters. The molecule has 0 amide bonds. The summed E-state index contributed by atoms with van der Waals surface area (Å²) in [6.07, 6.45) is 13.0. The Kier molecular flexibility index (Phi) is 9.52. The van der Waals surface area contributed by atoms with Crippen LogP contribution in [-0.2, 0) is 24.9 Å². The maximum Gasteiger partial charge on any atom is 0.362 e. The van der Waals surface area contributed by atoms with E-state index in [0.29, 0.717) is 0 Å². The third-order valence-electron chi connectivity index (χ3n) is 13.8. The van der Waals surface area contributed by atoms with E-state index in [2.05, 4.69) is 205 Å². The number of anilines is 2. The smallest absolute Gasteiger partial charge is 0.362 e. The Balaban J connectivity index is 1.15. The van der Waals surface area contributed by atoms with Crippen molar-refractivity contribution in [2.45, 2.75) is 83.2 Å². The number of hydrogen-bond acceptors (Lipinski definition) is 4. The van der Waals surface area contributed by atoms with Crippen molar-refractivity contribution >= 4 is 33.6 Å². The third kappa shape index (κ3) is 5.78. The highest BCUT2D eigenvalue weighted by molar-refractivity contribution is 5.71. The summed E-state index contributed by atoms with van der Waals surface area (Å²) < 4.78 is 19.3. The molecule has 2 aromatic heterocycles. The zero-order chi connectivity index (χ0) is 40.5. The van der Waals surface area contributed by atoms with Crippen molar-refractivity contribution in [3.8, 4) is 0 Å². The molecule has 0 spiro atoms. The normalized spacial score (nSPS) is 21.2. The van der Waals surface area contributed by atoms with Crippen molar-refractivity contribution in [1.82, 2.24) is 0 Å². The van der Waals surface area contributed by atoms with Gasteiger partial charge in [0.15, 0.2) is 12.3 Å². The second-order valence-corrected chi connectivity index (χ2v) is 17.7. The molecular formula is C49H62N6O2+4. The Hall–Kier alpha value is -5.18. The van der Waals surface area contributed by atoms with Gasteiger partial charge in [-0.25, -0.2) is 0 Å². The molecule has 0 bridgehead atoms. The number of oxazole rings is 2. The third-order valence-corrected chi connectivity index (χ3v) is 13.8. The van der Waals surface area contributed by atoms with Crippen LogP contribution in [0.4, 0.5) is 11.4 Å². The number of para-hydroxylation sites is 6. The number of benzene rings is 4. The summed E-state index contributed by atoms with van der Waals surface area (Å²) in [4.78, 5) is 5.11. The molecule has 296 valence electrons. The zero-order valence-electron chi connectivity index (χ0n) is 35.9. The van der Waals surface area contributed by atoms with Crippen molar-refractivity contribution in [3.63, 3.8) is 0 Å². The van der Waals surface area contributed by atoms with Crippen LogP contribution >= 0.6 is 0 Å². The lowest BCUT2D eigenvalue weighted by atomic mass is 9.78. The van der Waals surface area contributed by atoms with Crippen LogP contribution in [0.1, 0.15) is 76.8 Å². The van der Waals surface area contributed by atoms with Crippen LogP contribution in [0.15, 0.2) is 130 Å². The Labute approximate surface area is 339 Å². The molecule has 4 heterocycles. The second-order valence-electron chi connectivity index (χ2n) is 17.7. The first-order valence-corrected chi connectivity index (χ1v) is 20.8. The van der Waals surface area contributed by atoms with E-state index in [1.54, 1.807) is 0 Å². The quantitative estimate of drug-likeness (QED) is 0.0750. The van der Waals surface area contributed by atoms with Crippen molar-refractivity contribution in [3.05, 3.63) is 145 Å². The van der Waals surface area contributed by atoms with Crippen LogP contribution in [0.3, 0.4) is 0 Å². The lowest BCUT2D eigenvalue weighted by Gasteiger charge is -2.56. The van der Waals surface area contributed by atoms with Crippen LogP contribution in [0, 0.1) is 0 Å². The molecule has 0 fully saturated rings. The number of aromatic nitrogens is 2. The molecule has 6 aromatic rings. The Morgan fingerprint density at radius 2 is 0.912 bits per heavy atom. The summed E-state index contributed by atoms with van der Waals surface area (Å²) in [6, 6.07) is 34.5. The van der Waals surface area contributed by atoms with Gasteiger partial charge in [0.25, 0.3) is 11.0 Å². The van der Waals surface area contributed by atoms with Gasteiger partial charge in [-0.3, -0.25) is 18.8 Å². The fraction of sp³-hybridized carbons (Fsp3) is 0.388. The molecule has 8 rings (SSSR count). The summed E-state index contributed by atoms with van der Waals surface area (Å²) in [7, 11) is 14.1. The number of fused-ring (bicyclic) bond motifs is 4. The summed E-state index contributed by atoms with van der Waals surface area (Å²) in [5.41, 5.74) is 8.11. The maximum atomic E-state index is 6.64. The van der Waals surface area contributed by atoms with Crippen molar-refractivity contribution in [2.75, 3.05) is 38.0 Å². The SMILES string of the molecule is CCC(N1C=CC(C)(c2oc3ccccc3[n+]2C)c2ccccc21)[N+](C)(C)C(CC)[N+](C)(C)C(CC)N1C=CC(C)(c2oc3ccccc3[n+]2C)c2ccccc21. The highest BCUT2D eigenvalue weighted by atomic mass is 16.4. The molecule has 0 aliphatic carbocycles. The van der Waals surface area contributed by atoms with E-state index in [9.17, 15) is 0 Å². The Morgan fingerprint density at radius 1 is 0.544 bits per heavy atom. The van der Waals surface area contributed by atoms with Gasteiger partial charge in [-0.1, -0.05) is 81.4 Å². The molecule has 0 radical (unpaired) electrons. The van der Waals surface area contributed by atoms with Crippen LogP contribution in [0.5, 0.6) is 0 Å². The van der Waals surface area contributed by atoms with Gasteiger partial charge in [0.05, 0.1) is 46.0 Å². The summed E-state index contributed by atoms with van der Waals surface area (Å²) >= 11 is 0. The molecule has 2 aliphatic heterocycles. The molecule has 2 aliphatic rings. The predicted molar refractivity (Wildman–Crippen MR) is 230 cm³/mol. The van der Waals surface area contributed by atoms with E-state index in [0.717, 1.165) is 62.2 Å². The lowest BCUT2D eigenvalue weighted by molar-refractivity contribution is -1.12. The van der Waals surface area contributed by atoms with Crippen molar-refractivity contribution in [1.29, 1.82) is 0 Å². The summed E-state index contributed by atoms with van der Waals surface area (Å²) in [5, 5.41) is 0. The van der Waals surface area contributed by atoms with Crippen LogP contribution in [0.25, 0.3) is 22.2 Å². The largest absolute Gasteiger partial charge is 0.400 e. The van der Waals surface area contributed by atoms with Gasteiger partial charge in [-0.15, -0.1) is 0 Å². The minimum atomic E-state index is -0.439. The average molecular weight is 767 g/mol. The zero-order valence-corrected chi connectivity index (χ0v) is 35.9. The molecule has 4 atom stereocenters. The molecule has 57 heavy (non-hydrogen) atoms. The number of rotatable bonds is 11. The van der Waals surface area contributed by atoms with E-state index in [4.69, 9.17) is 8.83 Å². The van der Waals surface area contributed by atoms with Gasteiger partial charge in [-0.2, -0.15) is 9.13 Å². The van der Waals surface area contributed by atoms with Gasteiger partial charge >= 0.3 is 11.8 Å². The van der Waals surface area contributed by atoms with Gasteiger partial charge in [0.1, 0.15) is 24.9 Å². The molecule has 0 saturated heterocycles. The minimum absolute atomic E-state index is 0.178. The first kappa shape index (κ1) is 38.7. The average Bonchev–Trinajstić information content (AvgIpc) is 3.74. The van der Waals surface area contributed by atoms with E-state index >= 15 is 0 Å². The van der Waals surface area contributed by atoms with Gasteiger partial charge in [0, 0.05) is 37.4 Å². The van der Waals surface area contributed by atoms with Crippen molar-refractivity contribution in [2.24, 2.45) is 14.1 Å². The number of aryl methyl sites for hydroxylation is 2. The number of nitrogens with zero attached hydrogens (tertiary/aromatic N) is 6. The first-order chi connectivity index (χ1) is 27.2. The highest BCUT2D eigenvalue weighted by Gasteiger charge is 2.54. The van der Waals surface area contributed by atoms with Crippen LogP contribution in [-0.4, -0.2) is 55.7 Å². The molecule has 0 saturated carbocycles. The molecule has 8 nitrogen and oxygen atoms in total. The highest BCUT2D eigenvalue weighted by Crippen LogP contribution is 2.47. The second kappa shape index (κ2) is 14.0. The lowest BCUT2D eigenvalue weighted by Crippen LogP contribution is -2.74. The summed E-state index contributed by atoms with van der Waals surface area (Å²) in [6.45, 7) is 11.7. The number of hydrogen-bond donors (Lipinski definition) is 0. The van der Waals surface area contributed by atoms with Crippen LogP contribution in [0.2, 0.25) is 0 Å². The molecular weight excluding hydrogens is 705 g/mol. The van der Waals surface area contributed by atoms with E-state index in [-0.39, 0.29) is 18.5 Å². The van der Waals surface area contributed by atoms with E-state index < -0.39 is 10.8 Å². The molecule has 0 N–H and O–H groups in total. The van der Waals surface area contributed by atoms with Gasteiger partial charge < -0.3 is 8.83 Å². The summed E-state index contributed by atoms with van der Waals surface area (Å²) in [5.74, 6) is 1.87. The van der Waals surface area contributed by atoms with Gasteiger partial charge in [-0.05, 0) is 61.4 Å². The first-order valence-electron chi connectivity index (χ1n) is 20.8. The monoisotopic (exact) mass is 766 g/mol. The predicted octanol–water partition coefficient (Wildman–Crippen LogP) is 9.17. The Bertz CT molecular complexity index is 2340. The van der Waals surface area contributed by atoms with E-state index in [1.165, 1.54) is 22.5 Å². The topological polar surface area (TPSA) is 40.5 Å². The van der Waals surface area contributed by atoms with Crippen molar-refractivity contribution < 1.29 is 26.9 Å². The number of allylic oxidation sites excluding steroid dienone is 2. The fourth-order valence-electron chi connectivity index (χ4n) is 11.2. The molecule has 8 heteroatoms. The standard InChI is InChI=1S/C49H62N6O2/c1-12-43(52-33-31-48(4,35-23-15-17-25-37(35)52)46-50(6)39-27-19-21-29-41(39)56-46)54(8,9)45(14-3)55(10,11)44(13-2)53-34-32-49(5,36-24-16-18-26-38(36)53)47-51(7)40-28-20-22-30-42(40)57-47/h15-34,43-45H,12-14H2,1-11H3/q+4. The molecule has 4 aromatic carbocycles. The fourth-order valence-corrected chi connectivity index (χ4v) is 11.2. The minimum Gasteiger partial charge on any atom is -0.400 e.